The molecule has 3 heteroatoms. The van der Waals surface area contributed by atoms with Crippen molar-refractivity contribution in [3.05, 3.63) is 22.4 Å². The van der Waals surface area contributed by atoms with E-state index in [4.69, 9.17) is 5.73 Å². The molecule has 2 rings (SSSR count). The van der Waals surface area contributed by atoms with Gasteiger partial charge in [0, 0.05) is 18.6 Å². The van der Waals surface area contributed by atoms with Crippen LogP contribution in [0.1, 0.15) is 50.6 Å². The monoisotopic (exact) mass is 252 g/mol. The van der Waals surface area contributed by atoms with E-state index in [1.807, 2.05) is 0 Å². The Morgan fingerprint density at radius 3 is 2.71 bits per heavy atom. The molecule has 0 radical (unpaired) electrons. The second-order valence-corrected chi connectivity index (χ2v) is 5.71. The molecular weight excluding hydrogens is 228 g/mol. The van der Waals surface area contributed by atoms with Gasteiger partial charge < -0.3 is 5.73 Å². The van der Waals surface area contributed by atoms with E-state index >= 15 is 0 Å². The van der Waals surface area contributed by atoms with E-state index in [0.29, 0.717) is 6.04 Å². The minimum absolute atomic E-state index is 0.425. The first-order valence-corrected chi connectivity index (χ1v) is 7.79. The van der Waals surface area contributed by atoms with E-state index in [0.717, 1.165) is 19.1 Å². The van der Waals surface area contributed by atoms with Crippen LogP contribution in [0.15, 0.2) is 16.8 Å². The summed E-state index contributed by atoms with van der Waals surface area (Å²) < 4.78 is 0. The summed E-state index contributed by atoms with van der Waals surface area (Å²) >= 11 is 1.78. The van der Waals surface area contributed by atoms with Gasteiger partial charge in [-0.3, -0.25) is 4.90 Å². The summed E-state index contributed by atoms with van der Waals surface area (Å²) in [5.74, 6) is 0. The third kappa shape index (κ3) is 3.09. The summed E-state index contributed by atoms with van der Waals surface area (Å²) in [6.45, 7) is 4.12. The zero-order valence-corrected chi connectivity index (χ0v) is 11.6. The van der Waals surface area contributed by atoms with Crippen molar-refractivity contribution in [2.24, 2.45) is 5.73 Å². The molecule has 1 aliphatic carbocycles. The molecule has 1 saturated carbocycles. The first kappa shape index (κ1) is 13.1. The average molecular weight is 252 g/mol. The smallest absolute Gasteiger partial charge is 0.0481 e. The van der Waals surface area contributed by atoms with E-state index in [-0.39, 0.29) is 0 Å². The standard InChI is InChI=1S/C14H24N2S/c1-2-16(13-6-4-3-5-7-13)14(10-15)12-8-9-17-11-12/h8-9,11,13-14H,2-7,10,15H2,1H3. The largest absolute Gasteiger partial charge is 0.329 e. The summed E-state index contributed by atoms with van der Waals surface area (Å²) in [5.41, 5.74) is 7.42. The van der Waals surface area contributed by atoms with Crippen LogP contribution in [-0.4, -0.2) is 24.0 Å². The van der Waals surface area contributed by atoms with Gasteiger partial charge in [0.1, 0.15) is 0 Å². The van der Waals surface area contributed by atoms with E-state index in [2.05, 4.69) is 28.7 Å². The molecule has 17 heavy (non-hydrogen) atoms. The Morgan fingerprint density at radius 1 is 1.41 bits per heavy atom. The molecule has 1 atom stereocenters. The number of nitrogens with two attached hydrogens (primary N) is 1. The summed E-state index contributed by atoms with van der Waals surface area (Å²) in [6, 6.07) is 3.41. The molecule has 1 aliphatic rings. The van der Waals surface area contributed by atoms with Gasteiger partial charge in [-0.15, -0.1) is 0 Å². The highest BCUT2D eigenvalue weighted by atomic mass is 32.1. The van der Waals surface area contributed by atoms with Crippen LogP contribution in [0.25, 0.3) is 0 Å². The number of thiophene rings is 1. The summed E-state index contributed by atoms with van der Waals surface area (Å²) in [6.07, 6.45) is 6.91. The highest BCUT2D eigenvalue weighted by Gasteiger charge is 2.26. The number of hydrogen-bond donors (Lipinski definition) is 1. The molecule has 2 N–H and O–H groups in total. The van der Waals surface area contributed by atoms with Crippen LogP contribution >= 0.6 is 11.3 Å². The molecule has 2 nitrogen and oxygen atoms in total. The highest BCUT2D eigenvalue weighted by Crippen LogP contribution is 2.30. The summed E-state index contributed by atoms with van der Waals surface area (Å²) in [5, 5.41) is 4.41. The van der Waals surface area contributed by atoms with Crippen molar-refractivity contribution in [3.63, 3.8) is 0 Å². The van der Waals surface area contributed by atoms with Gasteiger partial charge in [0.05, 0.1) is 0 Å². The fraction of sp³-hybridized carbons (Fsp3) is 0.714. The van der Waals surface area contributed by atoms with Crippen LogP contribution in [0.2, 0.25) is 0 Å². The van der Waals surface area contributed by atoms with Crippen LogP contribution < -0.4 is 5.73 Å². The van der Waals surface area contributed by atoms with Gasteiger partial charge in [0.15, 0.2) is 0 Å². The van der Waals surface area contributed by atoms with Crippen molar-refractivity contribution in [2.45, 2.75) is 51.1 Å². The highest BCUT2D eigenvalue weighted by molar-refractivity contribution is 7.07. The molecule has 1 unspecified atom stereocenters. The molecular formula is C14H24N2S. The van der Waals surface area contributed by atoms with Gasteiger partial charge in [-0.25, -0.2) is 0 Å². The van der Waals surface area contributed by atoms with E-state index in [1.165, 1.54) is 37.7 Å². The fourth-order valence-corrected chi connectivity index (χ4v) is 3.78. The van der Waals surface area contributed by atoms with Crippen LogP contribution in [0.3, 0.4) is 0 Å². The maximum absolute atomic E-state index is 6.01. The third-order valence-corrected chi connectivity index (χ3v) is 4.66. The van der Waals surface area contributed by atoms with Crippen molar-refractivity contribution >= 4 is 11.3 Å². The average Bonchev–Trinajstić information content (AvgIpc) is 2.90. The number of hydrogen-bond acceptors (Lipinski definition) is 3. The summed E-state index contributed by atoms with van der Waals surface area (Å²) in [7, 11) is 0. The lowest BCUT2D eigenvalue weighted by Gasteiger charge is -2.38. The number of rotatable bonds is 5. The molecule has 1 aromatic rings. The predicted octanol–water partition coefficient (Wildman–Crippen LogP) is 3.40. The van der Waals surface area contributed by atoms with E-state index in [1.54, 1.807) is 11.3 Å². The van der Waals surface area contributed by atoms with Crippen LogP contribution in [0.5, 0.6) is 0 Å². The minimum Gasteiger partial charge on any atom is -0.329 e. The molecule has 0 saturated heterocycles. The van der Waals surface area contributed by atoms with Gasteiger partial charge >= 0.3 is 0 Å². The van der Waals surface area contributed by atoms with Crippen molar-refractivity contribution < 1.29 is 0 Å². The van der Waals surface area contributed by atoms with E-state index < -0.39 is 0 Å². The van der Waals surface area contributed by atoms with Crippen LogP contribution in [-0.2, 0) is 0 Å². The SMILES string of the molecule is CCN(C1CCCCC1)C(CN)c1ccsc1. The molecule has 0 spiro atoms. The van der Waals surface area contributed by atoms with Gasteiger partial charge in [-0.05, 0) is 41.8 Å². The molecule has 0 bridgehead atoms. The van der Waals surface area contributed by atoms with Crippen LogP contribution in [0, 0.1) is 0 Å². The second kappa shape index (κ2) is 6.53. The zero-order valence-electron chi connectivity index (χ0n) is 10.8. The normalized spacial score (nSPS) is 19.7. The molecule has 1 fully saturated rings. The third-order valence-electron chi connectivity index (χ3n) is 3.96. The molecule has 1 heterocycles. The van der Waals surface area contributed by atoms with Gasteiger partial charge in [0.25, 0.3) is 0 Å². The maximum atomic E-state index is 6.01. The van der Waals surface area contributed by atoms with Crippen molar-refractivity contribution in [2.75, 3.05) is 13.1 Å². The van der Waals surface area contributed by atoms with Gasteiger partial charge in [-0.2, -0.15) is 11.3 Å². The van der Waals surface area contributed by atoms with Gasteiger partial charge in [0.2, 0.25) is 0 Å². The molecule has 0 amide bonds. The van der Waals surface area contributed by atoms with E-state index in [9.17, 15) is 0 Å². The maximum Gasteiger partial charge on any atom is 0.0481 e. The predicted molar refractivity (Wildman–Crippen MR) is 75.4 cm³/mol. The molecule has 96 valence electrons. The number of nitrogens with zero attached hydrogens (tertiary/aromatic N) is 1. The lowest BCUT2D eigenvalue weighted by atomic mass is 9.92. The Hall–Kier alpha value is -0.380. The fourth-order valence-electron chi connectivity index (χ4n) is 3.07. The Labute approximate surface area is 109 Å². The Balaban J connectivity index is 2.09. The topological polar surface area (TPSA) is 29.3 Å². The number of likely N-dealkylation sites (N-methyl/N-ethyl adjacent to an activating group) is 1. The Bertz CT molecular complexity index is 304. The molecule has 0 aromatic carbocycles. The lowest BCUT2D eigenvalue weighted by molar-refractivity contribution is 0.114. The molecule has 1 aromatic heterocycles. The zero-order chi connectivity index (χ0) is 12.1. The van der Waals surface area contributed by atoms with Crippen molar-refractivity contribution in [3.8, 4) is 0 Å². The summed E-state index contributed by atoms with van der Waals surface area (Å²) in [4.78, 5) is 2.63. The lowest BCUT2D eigenvalue weighted by Crippen LogP contribution is -2.42. The first-order valence-electron chi connectivity index (χ1n) is 6.84. The van der Waals surface area contributed by atoms with Crippen LogP contribution in [0.4, 0.5) is 0 Å². The quantitative estimate of drug-likeness (QED) is 0.870. The minimum atomic E-state index is 0.425. The first-order chi connectivity index (χ1) is 8.36. The van der Waals surface area contributed by atoms with Crippen molar-refractivity contribution in [1.82, 2.24) is 4.90 Å². The van der Waals surface area contributed by atoms with Gasteiger partial charge in [-0.1, -0.05) is 26.2 Å². The Kier molecular flexibility index (Phi) is 5.01. The Morgan fingerprint density at radius 2 is 2.18 bits per heavy atom. The van der Waals surface area contributed by atoms with Crippen molar-refractivity contribution in [1.29, 1.82) is 0 Å². The molecule has 0 aliphatic heterocycles. The second-order valence-electron chi connectivity index (χ2n) is 4.93.